The molecule has 0 unspecified atom stereocenters. The van der Waals surface area contributed by atoms with E-state index >= 15 is 0 Å². The molecule has 5 nitrogen and oxygen atoms in total. The number of esters is 1. The Balaban J connectivity index is 1.59. The molecule has 0 saturated carbocycles. The molecular formula is C21H23NO4S. The third kappa shape index (κ3) is 4.63. The van der Waals surface area contributed by atoms with Crippen LogP contribution in [0.2, 0.25) is 0 Å². The Morgan fingerprint density at radius 1 is 1.22 bits per heavy atom. The lowest BCUT2D eigenvalue weighted by Crippen LogP contribution is -2.34. The quantitative estimate of drug-likeness (QED) is 0.606. The second-order valence-electron chi connectivity index (χ2n) is 6.35. The van der Waals surface area contributed by atoms with Gasteiger partial charge in [0.1, 0.15) is 11.3 Å². The van der Waals surface area contributed by atoms with Crippen LogP contribution in [0.4, 0.5) is 0 Å². The summed E-state index contributed by atoms with van der Waals surface area (Å²) in [5.74, 6) is -0.433. The van der Waals surface area contributed by atoms with Crippen LogP contribution in [0.1, 0.15) is 40.4 Å². The first-order valence-electron chi connectivity index (χ1n) is 8.88. The maximum atomic E-state index is 12.3. The topological polar surface area (TPSA) is 64.6 Å². The number of thioether (sulfide) groups is 1. The van der Waals surface area contributed by atoms with Crippen molar-refractivity contribution in [1.82, 2.24) is 5.32 Å². The number of hydrogen-bond donors (Lipinski definition) is 1. The van der Waals surface area contributed by atoms with Crippen molar-refractivity contribution in [2.24, 2.45) is 0 Å². The minimum Gasteiger partial charge on any atom is -0.496 e. The summed E-state index contributed by atoms with van der Waals surface area (Å²) < 4.78 is 10.5. The highest BCUT2D eigenvalue weighted by Crippen LogP contribution is 2.29. The van der Waals surface area contributed by atoms with E-state index in [9.17, 15) is 9.59 Å². The number of ether oxygens (including phenoxy) is 2. The molecule has 1 N–H and O–H groups in total. The van der Waals surface area contributed by atoms with Gasteiger partial charge >= 0.3 is 5.97 Å². The number of hydrogen-bond acceptors (Lipinski definition) is 5. The summed E-state index contributed by atoms with van der Waals surface area (Å²) in [6.45, 7) is -0.315. The standard InChI is InChI=1S/C21H23NO4S/c1-25-19-12-15(27-2)10-11-17(19)21(24)26-13-20(23)22-18-9-5-7-14-6-3-4-8-16(14)18/h3-4,6,8,10-12,18H,5,7,9,13H2,1-2H3,(H,22,23)/t18-/m1/s1. The van der Waals surface area contributed by atoms with Crippen LogP contribution in [-0.2, 0) is 16.0 Å². The van der Waals surface area contributed by atoms with Crippen molar-refractivity contribution in [3.63, 3.8) is 0 Å². The summed E-state index contributed by atoms with van der Waals surface area (Å²) in [5.41, 5.74) is 2.73. The van der Waals surface area contributed by atoms with Gasteiger partial charge in [0.05, 0.1) is 13.2 Å². The van der Waals surface area contributed by atoms with Gasteiger partial charge in [0.2, 0.25) is 0 Å². The number of methoxy groups -OCH3 is 1. The van der Waals surface area contributed by atoms with Crippen LogP contribution in [0.5, 0.6) is 5.75 Å². The van der Waals surface area contributed by atoms with Gasteiger partial charge in [-0.05, 0) is 54.8 Å². The molecule has 0 saturated heterocycles. The van der Waals surface area contributed by atoms with Crippen LogP contribution in [0.25, 0.3) is 0 Å². The Hall–Kier alpha value is -2.47. The number of nitrogens with one attached hydrogen (secondary N) is 1. The molecule has 0 aromatic heterocycles. The van der Waals surface area contributed by atoms with E-state index in [1.807, 2.05) is 30.5 Å². The summed E-state index contributed by atoms with van der Waals surface area (Å²) in [4.78, 5) is 25.6. The van der Waals surface area contributed by atoms with E-state index < -0.39 is 5.97 Å². The minimum absolute atomic E-state index is 0.0310. The Kier molecular flexibility index (Phi) is 6.40. The SMILES string of the molecule is COc1cc(SC)ccc1C(=O)OCC(=O)N[C@@H]1CCCc2ccccc21. The normalized spacial score (nSPS) is 15.6. The first-order chi connectivity index (χ1) is 13.1. The molecule has 0 heterocycles. The monoisotopic (exact) mass is 385 g/mol. The summed E-state index contributed by atoms with van der Waals surface area (Å²) in [5, 5.41) is 2.98. The summed E-state index contributed by atoms with van der Waals surface area (Å²) >= 11 is 1.55. The molecule has 2 aromatic rings. The van der Waals surface area contributed by atoms with Crippen LogP contribution >= 0.6 is 11.8 Å². The van der Waals surface area contributed by atoms with Gasteiger partial charge < -0.3 is 14.8 Å². The molecule has 1 aliphatic carbocycles. The minimum atomic E-state index is -0.571. The zero-order valence-corrected chi connectivity index (χ0v) is 16.3. The van der Waals surface area contributed by atoms with Crippen molar-refractivity contribution in [3.8, 4) is 5.75 Å². The van der Waals surface area contributed by atoms with E-state index in [0.29, 0.717) is 11.3 Å². The van der Waals surface area contributed by atoms with Gasteiger partial charge in [-0.2, -0.15) is 0 Å². The number of rotatable bonds is 6. The molecule has 142 valence electrons. The van der Waals surface area contributed by atoms with E-state index in [0.717, 1.165) is 29.7 Å². The van der Waals surface area contributed by atoms with Crippen molar-refractivity contribution in [2.75, 3.05) is 20.0 Å². The van der Waals surface area contributed by atoms with E-state index in [-0.39, 0.29) is 18.6 Å². The van der Waals surface area contributed by atoms with E-state index in [2.05, 4.69) is 11.4 Å². The zero-order valence-electron chi connectivity index (χ0n) is 15.5. The zero-order chi connectivity index (χ0) is 19.2. The predicted molar refractivity (Wildman–Crippen MR) is 105 cm³/mol. The molecule has 1 amide bonds. The van der Waals surface area contributed by atoms with Crippen molar-refractivity contribution in [2.45, 2.75) is 30.2 Å². The smallest absolute Gasteiger partial charge is 0.342 e. The summed E-state index contributed by atoms with van der Waals surface area (Å²) in [6.07, 6.45) is 4.89. The first-order valence-corrected chi connectivity index (χ1v) is 10.1. The van der Waals surface area contributed by atoms with Crippen LogP contribution in [0.3, 0.4) is 0 Å². The third-order valence-corrected chi connectivity index (χ3v) is 5.39. The fourth-order valence-electron chi connectivity index (χ4n) is 3.32. The molecule has 0 fully saturated rings. The molecular weight excluding hydrogens is 362 g/mol. The fourth-order valence-corrected chi connectivity index (χ4v) is 3.74. The second kappa shape index (κ2) is 8.95. The van der Waals surface area contributed by atoms with E-state index in [1.54, 1.807) is 23.9 Å². The van der Waals surface area contributed by atoms with Gasteiger partial charge in [0.25, 0.3) is 5.91 Å². The fraction of sp³-hybridized carbons (Fsp3) is 0.333. The summed E-state index contributed by atoms with van der Waals surface area (Å²) in [7, 11) is 1.50. The third-order valence-electron chi connectivity index (χ3n) is 4.67. The van der Waals surface area contributed by atoms with E-state index in [4.69, 9.17) is 9.47 Å². The lowest BCUT2D eigenvalue weighted by Gasteiger charge is -2.26. The maximum absolute atomic E-state index is 12.3. The second-order valence-corrected chi connectivity index (χ2v) is 7.23. The largest absolute Gasteiger partial charge is 0.496 e. The number of carbonyl (C=O) groups excluding carboxylic acids is 2. The van der Waals surface area contributed by atoms with Gasteiger partial charge in [-0.3, -0.25) is 4.79 Å². The van der Waals surface area contributed by atoms with Gasteiger partial charge in [0, 0.05) is 4.90 Å². The van der Waals surface area contributed by atoms with Crippen molar-refractivity contribution in [3.05, 3.63) is 59.2 Å². The predicted octanol–water partition coefficient (Wildman–Crippen LogP) is 3.77. The number of aryl methyl sites for hydroxylation is 1. The molecule has 0 spiro atoms. The van der Waals surface area contributed by atoms with Crippen molar-refractivity contribution < 1.29 is 19.1 Å². The Morgan fingerprint density at radius 3 is 2.81 bits per heavy atom. The highest BCUT2D eigenvalue weighted by atomic mass is 32.2. The molecule has 6 heteroatoms. The van der Waals surface area contributed by atoms with Crippen molar-refractivity contribution >= 4 is 23.6 Å². The van der Waals surface area contributed by atoms with Crippen LogP contribution < -0.4 is 10.1 Å². The molecule has 0 aliphatic heterocycles. The molecule has 0 radical (unpaired) electrons. The Morgan fingerprint density at radius 2 is 2.04 bits per heavy atom. The first kappa shape index (κ1) is 19.3. The highest BCUT2D eigenvalue weighted by Gasteiger charge is 2.22. The van der Waals surface area contributed by atoms with Gasteiger partial charge in [-0.15, -0.1) is 11.8 Å². The molecule has 1 atom stereocenters. The average Bonchev–Trinajstić information content (AvgIpc) is 2.71. The van der Waals surface area contributed by atoms with E-state index in [1.165, 1.54) is 12.7 Å². The summed E-state index contributed by atoms with van der Waals surface area (Å²) in [6, 6.07) is 13.4. The van der Waals surface area contributed by atoms with Crippen LogP contribution in [0, 0.1) is 0 Å². The number of carbonyl (C=O) groups is 2. The molecule has 0 bridgehead atoms. The van der Waals surface area contributed by atoms with Crippen molar-refractivity contribution in [1.29, 1.82) is 0 Å². The molecule has 1 aliphatic rings. The van der Waals surface area contributed by atoms with Gasteiger partial charge in [-0.25, -0.2) is 4.79 Å². The number of benzene rings is 2. The maximum Gasteiger partial charge on any atom is 0.342 e. The lowest BCUT2D eigenvalue weighted by molar-refractivity contribution is -0.125. The van der Waals surface area contributed by atoms with Crippen LogP contribution in [-0.4, -0.2) is 31.8 Å². The number of fused-ring (bicyclic) bond motifs is 1. The lowest BCUT2D eigenvalue weighted by atomic mass is 9.88. The van der Waals surface area contributed by atoms with Gasteiger partial charge in [-0.1, -0.05) is 24.3 Å². The Bertz CT molecular complexity index is 837. The molecule has 27 heavy (non-hydrogen) atoms. The Labute approximate surface area is 163 Å². The highest BCUT2D eigenvalue weighted by molar-refractivity contribution is 7.98. The van der Waals surface area contributed by atoms with Crippen LogP contribution in [0.15, 0.2) is 47.4 Å². The molecule has 2 aromatic carbocycles. The number of amides is 1. The average molecular weight is 385 g/mol. The molecule has 3 rings (SSSR count). The van der Waals surface area contributed by atoms with Gasteiger partial charge in [0.15, 0.2) is 6.61 Å².